The highest BCUT2D eigenvalue weighted by Gasteiger charge is 2.27. The molecule has 4 N–H and O–H groups in total. The van der Waals surface area contributed by atoms with Crippen LogP contribution in [-0.4, -0.2) is 34.9 Å². The van der Waals surface area contributed by atoms with Gasteiger partial charge in [0.25, 0.3) is 0 Å². The molecule has 0 saturated heterocycles. The van der Waals surface area contributed by atoms with E-state index in [0.29, 0.717) is 5.69 Å². The summed E-state index contributed by atoms with van der Waals surface area (Å²) in [6.07, 6.45) is 0.178. The largest absolute Gasteiger partial charge is 0.392 e. The zero-order chi connectivity index (χ0) is 22.1. The Kier molecular flexibility index (Phi) is 8.55. The summed E-state index contributed by atoms with van der Waals surface area (Å²) < 4.78 is 0. The second-order valence-corrected chi connectivity index (χ2v) is 7.53. The molecule has 0 spiro atoms. The molecule has 0 unspecified atom stereocenters. The normalized spacial score (nSPS) is 12.7. The number of hydrogen-bond donors (Lipinski definition) is 4. The van der Waals surface area contributed by atoms with Gasteiger partial charge < -0.3 is 21.1 Å². The van der Waals surface area contributed by atoms with Crippen molar-refractivity contribution in [2.45, 2.75) is 45.9 Å². The molecule has 7 heteroatoms. The lowest BCUT2D eigenvalue weighted by Gasteiger charge is -2.24. The van der Waals surface area contributed by atoms with Crippen LogP contribution < -0.4 is 16.0 Å². The van der Waals surface area contributed by atoms with E-state index >= 15 is 0 Å². The van der Waals surface area contributed by atoms with Gasteiger partial charge >= 0.3 is 0 Å². The van der Waals surface area contributed by atoms with Gasteiger partial charge in [-0.3, -0.25) is 14.4 Å². The molecule has 0 radical (unpaired) electrons. The maximum Gasteiger partial charge on any atom is 0.246 e. The molecule has 160 valence electrons. The lowest BCUT2D eigenvalue weighted by molar-refractivity contribution is -0.131. The van der Waals surface area contributed by atoms with Crippen LogP contribution in [0.25, 0.3) is 0 Å². The highest BCUT2D eigenvalue weighted by molar-refractivity contribution is 5.98. The van der Waals surface area contributed by atoms with Gasteiger partial charge in [-0.05, 0) is 36.1 Å². The minimum absolute atomic E-state index is 0.0761. The van der Waals surface area contributed by atoms with Crippen LogP contribution in [0.3, 0.4) is 0 Å². The maximum absolute atomic E-state index is 12.7. The van der Waals surface area contributed by atoms with E-state index in [2.05, 4.69) is 16.0 Å². The van der Waals surface area contributed by atoms with E-state index in [9.17, 15) is 14.4 Å². The van der Waals surface area contributed by atoms with Crippen molar-refractivity contribution in [1.29, 1.82) is 0 Å². The molecule has 3 amide bonds. The molecule has 2 aromatic carbocycles. The second-order valence-electron chi connectivity index (χ2n) is 7.53. The molecule has 0 aliphatic heterocycles. The Morgan fingerprint density at radius 3 is 2.03 bits per heavy atom. The second kappa shape index (κ2) is 11.1. The third kappa shape index (κ3) is 7.00. The Hall–Kier alpha value is -3.19. The van der Waals surface area contributed by atoms with Gasteiger partial charge in [0.05, 0.1) is 13.0 Å². The number of anilines is 1. The highest BCUT2D eigenvalue weighted by Crippen LogP contribution is 2.10. The molecule has 0 aromatic heterocycles. The van der Waals surface area contributed by atoms with Gasteiger partial charge in [-0.2, -0.15) is 0 Å². The third-order valence-electron chi connectivity index (χ3n) is 4.63. The Balaban J connectivity index is 1.92. The molecule has 2 rings (SSSR count). The summed E-state index contributed by atoms with van der Waals surface area (Å²) >= 11 is 0. The van der Waals surface area contributed by atoms with Crippen molar-refractivity contribution in [3.63, 3.8) is 0 Å². The van der Waals surface area contributed by atoms with Crippen LogP contribution in [-0.2, 0) is 27.4 Å². The van der Waals surface area contributed by atoms with Crippen LogP contribution in [0.1, 0.15) is 31.9 Å². The molecule has 7 nitrogen and oxygen atoms in total. The minimum atomic E-state index is -0.790. The minimum Gasteiger partial charge on any atom is -0.392 e. The van der Waals surface area contributed by atoms with Crippen molar-refractivity contribution in [2.24, 2.45) is 5.92 Å². The third-order valence-corrected chi connectivity index (χ3v) is 4.63. The van der Waals surface area contributed by atoms with Crippen LogP contribution >= 0.6 is 0 Å². The Morgan fingerprint density at radius 1 is 0.833 bits per heavy atom. The van der Waals surface area contributed by atoms with Crippen LogP contribution in [0, 0.1) is 5.92 Å². The van der Waals surface area contributed by atoms with Gasteiger partial charge in [-0.15, -0.1) is 0 Å². The fourth-order valence-corrected chi connectivity index (χ4v) is 2.85. The van der Waals surface area contributed by atoms with Crippen molar-refractivity contribution in [3.05, 3.63) is 65.7 Å². The van der Waals surface area contributed by atoms with Gasteiger partial charge in [0.1, 0.15) is 12.1 Å². The average Bonchev–Trinajstić information content (AvgIpc) is 2.72. The van der Waals surface area contributed by atoms with E-state index in [0.717, 1.165) is 11.1 Å². The number of amides is 3. The van der Waals surface area contributed by atoms with Crippen LogP contribution in [0.5, 0.6) is 0 Å². The fraction of sp³-hybridized carbons (Fsp3) is 0.348. The van der Waals surface area contributed by atoms with Crippen molar-refractivity contribution in [2.75, 3.05) is 5.32 Å². The molecule has 0 aliphatic rings. The summed E-state index contributed by atoms with van der Waals surface area (Å²) in [5.41, 5.74) is 2.16. The quantitative estimate of drug-likeness (QED) is 0.506. The summed E-state index contributed by atoms with van der Waals surface area (Å²) in [5.74, 6) is -1.19. The van der Waals surface area contributed by atoms with Gasteiger partial charge in [0.15, 0.2) is 0 Å². The number of carbonyl (C=O) groups excluding carboxylic acids is 3. The molecule has 0 aliphatic carbocycles. The molecule has 2 atom stereocenters. The first-order chi connectivity index (χ1) is 14.3. The number of aliphatic hydroxyl groups excluding tert-OH is 1. The molecular weight excluding hydrogens is 382 g/mol. The van der Waals surface area contributed by atoms with Gasteiger partial charge in [-0.1, -0.05) is 56.3 Å². The highest BCUT2D eigenvalue weighted by atomic mass is 16.3. The van der Waals surface area contributed by atoms with E-state index in [4.69, 9.17) is 5.11 Å². The van der Waals surface area contributed by atoms with Crippen LogP contribution in [0.2, 0.25) is 0 Å². The number of hydrogen-bond acceptors (Lipinski definition) is 4. The van der Waals surface area contributed by atoms with Crippen molar-refractivity contribution in [3.8, 4) is 0 Å². The molecular formula is C23H29N3O4. The Morgan fingerprint density at radius 2 is 1.47 bits per heavy atom. The first-order valence-electron chi connectivity index (χ1n) is 9.94. The van der Waals surface area contributed by atoms with Crippen molar-refractivity contribution in [1.82, 2.24) is 10.6 Å². The lowest BCUT2D eigenvalue weighted by atomic mass is 10.0. The predicted octanol–water partition coefficient (Wildman–Crippen LogP) is 2.01. The van der Waals surface area contributed by atoms with Crippen molar-refractivity contribution < 1.29 is 19.5 Å². The number of carbonyl (C=O) groups is 3. The summed E-state index contributed by atoms with van der Waals surface area (Å²) in [7, 11) is 0. The smallest absolute Gasteiger partial charge is 0.246 e. The Labute approximate surface area is 176 Å². The van der Waals surface area contributed by atoms with Gasteiger partial charge in [-0.25, -0.2) is 0 Å². The maximum atomic E-state index is 12.7. The SMILES string of the molecule is CC(C)[C@H](NC(=O)Cc1ccccc1)C(=O)N[C@@H](C)C(=O)Nc1ccc(CO)cc1. The number of aliphatic hydroxyl groups is 1. The fourth-order valence-electron chi connectivity index (χ4n) is 2.85. The molecule has 2 aromatic rings. The molecule has 0 saturated carbocycles. The standard InChI is InChI=1S/C23H29N3O4/c1-15(2)21(26-20(28)13-17-7-5-4-6-8-17)23(30)24-16(3)22(29)25-19-11-9-18(14-27)10-12-19/h4-12,15-16,21,27H,13-14H2,1-3H3,(H,24,30)(H,25,29)(H,26,28)/t16-,21-/m0/s1. The summed E-state index contributed by atoms with van der Waals surface area (Å²) in [5, 5.41) is 17.2. The number of nitrogens with one attached hydrogen (secondary N) is 3. The molecule has 0 heterocycles. The topological polar surface area (TPSA) is 108 Å². The van der Waals surface area contributed by atoms with E-state index in [1.807, 2.05) is 44.2 Å². The van der Waals surface area contributed by atoms with E-state index in [-0.39, 0.29) is 30.8 Å². The van der Waals surface area contributed by atoms with E-state index in [1.54, 1.807) is 31.2 Å². The van der Waals surface area contributed by atoms with E-state index in [1.165, 1.54) is 0 Å². The summed E-state index contributed by atoms with van der Waals surface area (Å²) in [6.45, 7) is 5.17. The number of rotatable bonds is 9. The first-order valence-corrected chi connectivity index (χ1v) is 9.94. The summed E-state index contributed by atoms with van der Waals surface area (Å²) in [6, 6.07) is 14.5. The first kappa shape index (κ1) is 23.1. The average molecular weight is 412 g/mol. The molecule has 0 fully saturated rings. The Bertz CT molecular complexity index is 851. The zero-order valence-corrected chi connectivity index (χ0v) is 17.5. The van der Waals surface area contributed by atoms with E-state index < -0.39 is 18.0 Å². The zero-order valence-electron chi connectivity index (χ0n) is 17.5. The molecule has 30 heavy (non-hydrogen) atoms. The predicted molar refractivity (Wildman–Crippen MR) is 116 cm³/mol. The van der Waals surface area contributed by atoms with Gasteiger partial charge in [0.2, 0.25) is 17.7 Å². The van der Waals surface area contributed by atoms with Crippen molar-refractivity contribution >= 4 is 23.4 Å². The van der Waals surface area contributed by atoms with Crippen LogP contribution in [0.15, 0.2) is 54.6 Å². The number of benzene rings is 2. The molecule has 0 bridgehead atoms. The van der Waals surface area contributed by atoms with Crippen LogP contribution in [0.4, 0.5) is 5.69 Å². The summed E-state index contributed by atoms with van der Waals surface area (Å²) in [4.78, 5) is 37.4. The monoisotopic (exact) mass is 411 g/mol. The van der Waals surface area contributed by atoms with Gasteiger partial charge in [0, 0.05) is 5.69 Å². The lowest BCUT2D eigenvalue weighted by Crippen LogP contribution is -2.54.